The lowest BCUT2D eigenvalue weighted by molar-refractivity contribution is 0.0522. The van der Waals surface area contributed by atoms with Gasteiger partial charge in [-0.1, -0.05) is 12.1 Å². The van der Waals surface area contributed by atoms with Gasteiger partial charge in [0.05, 0.1) is 17.0 Å². The lowest BCUT2D eigenvalue weighted by atomic mass is 10.1. The van der Waals surface area contributed by atoms with Crippen LogP contribution in [0.15, 0.2) is 41.6 Å². The number of hydrogen-bond acceptors (Lipinski definition) is 7. The molecule has 0 aliphatic carbocycles. The summed E-state index contributed by atoms with van der Waals surface area (Å²) in [7, 11) is -4.93. The zero-order valence-corrected chi connectivity index (χ0v) is 15.8. The highest BCUT2D eigenvalue weighted by molar-refractivity contribution is 7.91. The summed E-state index contributed by atoms with van der Waals surface area (Å²) < 4.78 is 55.5. The Bertz CT molecular complexity index is 1060. The average Bonchev–Trinajstić information content (AvgIpc) is 2.73. The van der Waals surface area contributed by atoms with Crippen LogP contribution in [0.2, 0.25) is 0 Å². The molecule has 3 rings (SSSR count). The molecule has 1 aromatic carbocycles. The molecule has 1 aromatic heterocycles. The number of nitrogens with zero attached hydrogens (tertiary/aromatic N) is 4. The van der Waals surface area contributed by atoms with Crippen molar-refractivity contribution in [1.29, 1.82) is 5.26 Å². The predicted molar refractivity (Wildman–Crippen MR) is 95.9 cm³/mol. The minimum Gasteiger partial charge on any atom is -0.470 e. The molecule has 2 aromatic rings. The smallest absolute Gasteiger partial charge is 0.341 e. The molecular weight excluding hydrogens is 406 g/mol. The molecular formula is C18H16F2N4O4S. The fourth-order valence-electron chi connectivity index (χ4n) is 3.02. The van der Waals surface area contributed by atoms with Crippen LogP contribution in [0.4, 0.5) is 8.78 Å². The van der Waals surface area contributed by atoms with Gasteiger partial charge < -0.3 is 9.64 Å². The lowest BCUT2D eigenvalue weighted by Crippen LogP contribution is -2.45. The number of rotatable bonds is 5. The van der Waals surface area contributed by atoms with Crippen LogP contribution in [0.1, 0.15) is 28.9 Å². The monoisotopic (exact) mass is 422 g/mol. The Morgan fingerprint density at radius 1 is 1.28 bits per heavy atom. The Morgan fingerprint density at radius 2 is 2.00 bits per heavy atom. The molecule has 0 bridgehead atoms. The van der Waals surface area contributed by atoms with Gasteiger partial charge in [0.1, 0.15) is 12.2 Å². The van der Waals surface area contributed by atoms with Crippen LogP contribution in [-0.2, 0) is 9.84 Å². The summed E-state index contributed by atoms with van der Waals surface area (Å²) >= 11 is 0. The Hall–Kier alpha value is -3.13. The number of alkyl halides is 2. The van der Waals surface area contributed by atoms with Crippen LogP contribution >= 0.6 is 0 Å². The molecule has 11 heteroatoms. The normalized spacial score (nSPS) is 17.0. The van der Waals surface area contributed by atoms with Gasteiger partial charge in [0, 0.05) is 18.9 Å². The Morgan fingerprint density at radius 3 is 2.72 bits per heavy atom. The van der Waals surface area contributed by atoms with E-state index < -0.39 is 32.5 Å². The van der Waals surface area contributed by atoms with Crippen molar-refractivity contribution in [1.82, 2.24) is 14.9 Å². The maximum absolute atomic E-state index is 13.0. The van der Waals surface area contributed by atoms with E-state index in [4.69, 9.17) is 10.00 Å². The highest BCUT2D eigenvalue weighted by Gasteiger charge is 2.34. The lowest BCUT2D eigenvalue weighted by Gasteiger charge is -2.33. The number of likely N-dealkylation sites (tertiary alicyclic amines) is 1. The molecule has 0 spiro atoms. The van der Waals surface area contributed by atoms with Crippen molar-refractivity contribution in [2.75, 3.05) is 13.1 Å². The predicted octanol–water partition coefficient (Wildman–Crippen LogP) is 2.03. The quantitative estimate of drug-likeness (QED) is 0.724. The molecule has 1 atom stereocenters. The second-order valence-corrected chi connectivity index (χ2v) is 8.14. The standard InChI is InChI=1S/C18H16F2N4O4S/c19-18(20)29(26,27)15-6-2-1-5-13(15)17(25)24-9-3-4-12(11-24)28-16-14(10-21)22-7-8-23-16/h1-2,5-8,12,18H,3-4,9,11H2. The number of carbonyl (C=O) groups is 1. The topological polar surface area (TPSA) is 113 Å². The van der Waals surface area contributed by atoms with Crippen molar-refractivity contribution in [2.24, 2.45) is 0 Å². The fourth-order valence-corrected chi connectivity index (χ4v) is 3.94. The molecule has 152 valence electrons. The number of aromatic nitrogens is 2. The second kappa shape index (κ2) is 8.48. The van der Waals surface area contributed by atoms with Crippen molar-refractivity contribution in [3.05, 3.63) is 47.9 Å². The Kier molecular flexibility index (Phi) is 6.03. The number of piperidine rings is 1. The highest BCUT2D eigenvalue weighted by atomic mass is 32.2. The first-order valence-electron chi connectivity index (χ1n) is 8.62. The summed E-state index contributed by atoms with van der Waals surface area (Å²) in [6, 6.07) is 6.76. The van der Waals surface area contributed by atoms with Crippen molar-refractivity contribution in [2.45, 2.75) is 29.6 Å². The zero-order chi connectivity index (χ0) is 21.0. The molecule has 2 heterocycles. The summed E-state index contributed by atoms with van der Waals surface area (Å²) in [6.07, 6.45) is 3.33. The molecule has 1 unspecified atom stereocenters. The number of hydrogen-bond donors (Lipinski definition) is 0. The summed E-state index contributed by atoms with van der Waals surface area (Å²) in [6.45, 7) is 0.399. The minimum atomic E-state index is -4.93. The first-order valence-corrected chi connectivity index (χ1v) is 10.2. The number of nitriles is 1. The minimum absolute atomic E-state index is 0.00400. The number of halogens is 2. The number of benzene rings is 1. The van der Waals surface area contributed by atoms with Crippen molar-refractivity contribution in [3.63, 3.8) is 0 Å². The van der Waals surface area contributed by atoms with Crippen LogP contribution in [-0.4, -0.2) is 54.1 Å². The van der Waals surface area contributed by atoms with E-state index in [0.717, 1.165) is 6.07 Å². The maximum Gasteiger partial charge on any atom is 0.341 e. The molecule has 29 heavy (non-hydrogen) atoms. The maximum atomic E-state index is 13.0. The zero-order valence-electron chi connectivity index (χ0n) is 15.0. The number of carbonyl (C=O) groups excluding carboxylic acids is 1. The third-order valence-corrected chi connectivity index (χ3v) is 5.81. The largest absolute Gasteiger partial charge is 0.470 e. The molecule has 0 radical (unpaired) electrons. The molecule has 1 aliphatic rings. The molecule has 1 saturated heterocycles. The van der Waals surface area contributed by atoms with Gasteiger partial charge in [-0.05, 0) is 25.0 Å². The molecule has 1 amide bonds. The van der Waals surface area contributed by atoms with E-state index in [1.807, 2.05) is 6.07 Å². The van der Waals surface area contributed by atoms with Crippen LogP contribution < -0.4 is 4.74 Å². The van der Waals surface area contributed by atoms with E-state index in [9.17, 15) is 22.0 Å². The molecule has 0 saturated carbocycles. The first-order chi connectivity index (χ1) is 13.8. The van der Waals surface area contributed by atoms with E-state index in [1.165, 1.54) is 35.5 Å². The molecule has 0 N–H and O–H groups in total. The van der Waals surface area contributed by atoms with E-state index in [2.05, 4.69) is 9.97 Å². The van der Waals surface area contributed by atoms with Crippen LogP contribution in [0.3, 0.4) is 0 Å². The summed E-state index contributed by atoms with van der Waals surface area (Å²) in [5, 5.41) is 9.07. The fraction of sp³-hybridized carbons (Fsp3) is 0.333. The number of ether oxygens (including phenoxy) is 1. The Balaban J connectivity index is 1.82. The first kappa shape index (κ1) is 20.6. The van der Waals surface area contributed by atoms with E-state index in [1.54, 1.807) is 0 Å². The average molecular weight is 422 g/mol. The molecule has 1 fully saturated rings. The summed E-state index contributed by atoms with van der Waals surface area (Å²) in [5.74, 6) is -4.28. The summed E-state index contributed by atoms with van der Waals surface area (Å²) in [5.41, 5.74) is -0.310. The van der Waals surface area contributed by atoms with Gasteiger partial charge in [0.25, 0.3) is 11.8 Å². The summed E-state index contributed by atoms with van der Waals surface area (Å²) in [4.78, 5) is 21.3. The van der Waals surface area contributed by atoms with E-state index in [-0.39, 0.29) is 23.7 Å². The SMILES string of the molecule is N#Cc1nccnc1OC1CCCN(C(=O)c2ccccc2S(=O)(=O)C(F)F)C1. The van der Waals surface area contributed by atoms with Gasteiger partial charge in [0.15, 0.2) is 0 Å². The number of amides is 1. The van der Waals surface area contributed by atoms with E-state index in [0.29, 0.717) is 19.4 Å². The number of sulfone groups is 1. The van der Waals surface area contributed by atoms with Gasteiger partial charge in [-0.2, -0.15) is 14.0 Å². The van der Waals surface area contributed by atoms with Crippen molar-refractivity contribution < 1.29 is 26.7 Å². The van der Waals surface area contributed by atoms with Crippen LogP contribution in [0, 0.1) is 11.3 Å². The van der Waals surface area contributed by atoms with Gasteiger partial charge in [-0.15, -0.1) is 0 Å². The third kappa shape index (κ3) is 4.32. The molecule has 8 nitrogen and oxygen atoms in total. The van der Waals surface area contributed by atoms with Crippen molar-refractivity contribution >= 4 is 15.7 Å². The van der Waals surface area contributed by atoms with Crippen molar-refractivity contribution in [3.8, 4) is 11.9 Å². The van der Waals surface area contributed by atoms with Crippen LogP contribution in [0.25, 0.3) is 0 Å². The molecule has 1 aliphatic heterocycles. The van der Waals surface area contributed by atoms with E-state index >= 15 is 0 Å². The highest BCUT2D eigenvalue weighted by Crippen LogP contribution is 2.25. The third-order valence-electron chi connectivity index (χ3n) is 4.37. The van der Waals surface area contributed by atoms with Crippen LogP contribution in [0.5, 0.6) is 5.88 Å². The second-order valence-electron chi connectivity index (χ2n) is 6.26. The van der Waals surface area contributed by atoms with Gasteiger partial charge in [-0.3, -0.25) is 4.79 Å². The van der Waals surface area contributed by atoms with Gasteiger partial charge in [0.2, 0.25) is 15.5 Å². The Labute approximate surface area is 165 Å². The van der Waals surface area contributed by atoms with Gasteiger partial charge >= 0.3 is 5.76 Å². The van der Waals surface area contributed by atoms with Gasteiger partial charge in [-0.25, -0.2) is 18.4 Å².